The Kier molecular flexibility index (Phi) is 20.2. The van der Waals surface area contributed by atoms with Crippen molar-refractivity contribution in [2.24, 2.45) is 4.99 Å². The Morgan fingerprint density at radius 2 is 1.12 bits per heavy atom. The van der Waals surface area contributed by atoms with Gasteiger partial charge < -0.3 is 9.89 Å². The molecule has 3 heteroatoms. The van der Waals surface area contributed by atoms with Crippen LogP contribution in [0.4, 0.5) is 0 Å². The molecule has 0 spiro atoms. The molecule has 2 aromatic carbocycles. The Hall–Kier alpha value is -0.505. The van der Waals surface area contributed by atoms with E-state index in [1.165, 1.54) is 11.1 Å². The largest absolute Gasteiger partial charge is 3.00 e. The molecule has 0 bridgehead atoms. The van der Waals surface area contributed by atoms with Crippen LogP contribution in [0.25, 0.3) is 0 Å². The Morgan fingerprint density at radius 1 is 0.750 bits per heavy atom. The predicted molar refractivity (Wildman–Crippen MR) is 104 cm³/mol. The summed E-state index contributed by atoms with van der Waals surface area (Å²) in [6.45, 7) is 13.4. The molecule has 2 rings (SSSR count). The van der Waals surface area contributed by atoms with Crippen molar-refractivity contribution in [1.82, 2.24) is 4.90 Å². The smallest absolute Gasteiger partial charge is 0.538 e. The van der Waals surface area contributed by atoms with E-state index in [0.29, 0.717) is 0 Å². The van der Waals surface area contributed by atoms with Crippen molar-refractivity contribution in [3.63, 3.8) is 0 Å². The summed E-state index contributed by atoms with van der Waals surface area (Å²) >= 11 is 0. The van der Waals surface area contributed by atoms with Gasteiger partial charge in [-0.1, -0.05) is 40.5 Å². The number of nitrogens with zero attached hydrogens (tertiary/aromatic N) is 2. The van der Waals surface area contributed by atoms with E-state index in [-0.39, 0.29) is 39.9 Å². The first-order chi connectivity index (χ1) is 11.2. The minimum Gasteiger partial charge on any atom is -0.538 e. The summed E-state index contributed by atoms with van der Waals surface area (Å²) in [5.41, 5.74) is 2.86. The molecule has 0 fully saturated rings. The molecule has 0 N–H and O–H groups in total. The van der Waals surface area contributed by atoms with Gasteiger partial charge in [0.25, 0.3) is 0 Å². The molecule has 2 nitrogen and oxygen atoms in total. The molecule has 1 radical (unpaired) electrons. The van der Waals surface area contributed by atoms with Gasteiger partial charge in [-0.05, 0) is 26.6 Å². The maximum atomic E-state index is 3.99. The molecular formula is C21H33GdN2. The van der Waals surface area contributed by atoms with Crippen LogP contribution in [-0.2, 0) is 12.8 Å². The van der Waals surface area contributed by atoms with Gasteiger partial charge in [-0.2, -0.15) is 35.4 Å². The number of hydrogen-bond donors (Lipinski definition) is 0. The molecule has 0 amide bonds. The summed E-state index contributed by atoms with van der Waals surface area (Å²) in [6, 6.07) is 16.8. The summed E-state index contributed by atoms with van der Waals surface area (Å²) in [6.07, 6.45) is 5.25. The van der Waals surface area contributed by atoms with Gasteiger partial charge in [0.05, 0.1) is 0 Å². The summed E-state index contributed by atoms with van der Waals surface area (Å²) < 4.78 is 0. The van der Waals surface area contributed by atoms with Gasteiger partial charge in [-0.3, -0.25) is 6.34 Å². The van der Waals surface area contributed by atoms with Crippen LogP contribution >= 0.6 is 0 Å². The van der Waals surface area contributed by atoms with E-state index in [1.54, 1.807) is 0 Å². The van der Waals surface area contributed by atoms with Gasteiger partial charge in [0, 0.05) is 0 Å². The van der Waals surface area contributed by atoms with E-state index in [4.69, 9.17) is 0 Å². The molecule has 135 valence electrons. The van der Waals surface area contributed by atoms with E-state index in [1.807, 2.05) is 11.8 Å². The zero-order valence-electron chi connectivity index (χ0n) is 15.9. The van der Waals surface area contributed by atoms with Crippen LogP contribution in [0.1, 0.15) is 45.7 Å². The number of rotatable bonds is 6. The number of hydrogen-bond acceptors (Lipinski definition) is 1. The first kappa shape index (κ1) is 25.7. The fourth-order valence-corrected chi connectivity index (χ4v) is 1.83. The molecule has 0 aliphatic rings. The van der Waals surface area contributed by atoms with E-state index in [9.17, 15) is 0 Å². The fourth-order valence-electron chi connectivity index (χ4n) is 1.83. The molecule has 0 saturated heterocycles. The topological polar surface area (TPSA) is 15.6 Å². The first-order valence-electron chi connectivity index (χ1n) is 8.79. The molecule has 24 heavy (non-hydrogen) atoms. The van der Waals surface area contributed by atoms with Crippen molar-refractivity contribution >= 4 is 6.34 Å². The quantitative estimate of drug-likeness (QED) is 0.246. The van der Waals surface area contributed by atoms with Crippen molar-refractivity contribution in [1.29, 1.82) is 0 Å². The third-order valence-corrected chi connectivity index (χ3v) is 3.41. The monoisotopic (exact) mass is 471 g/mol. The Labute approximate surface area is 181 Å². The van der Waals surface area contributed by atoms with Gasteiger partial charge in [-0.25, -0.2) is 24.3 Å². The third-order valence-electron chi connectivity index (χ3n) is 3.41. The molecule has 0 aliphatic heterocycles. The van der Waals surface area contributed by atoms with Crippen molar-refractivity contribution < 1.29 is 39.9 Å². The summed E-state index contributed by atoms with van der Waals surface area (Å²) in [5.74, 6) is 0. The van der Waals surface area contributed by atoms with E-state index >= 15 is 0 Å². The van der Waals surface area contributed by atoms with Crippen molar-refractivity contribution in [2.45, 2.75) is 47.5 Å². The molecule has 2 aromatic rings. The van der Waals surface area contributed by atoms with Crippen LogP contribution in [0.3, 0.4) is 0 Å². The van der Waals surface area contributed by atoms with E-state index in [0.717, 1.165) is 32.5 Å². The van der Waals surface area contributed by atoms with Gasteiger partial charge in [0.2, 0.25) is 0 Å². The zero-order chi connectivity index (χ0) is 17.3. The summed E-state index contributed by atoms with van der Waals surface area (Å²) in [5, 5.41) is 0. The third kappa shape index (κ3) is 13.9. The Bertz CT molecular complexity index is 420. The van der Waals surface area contributed by atoms with Crippen LogP contribution in [-0.4, -0.2) is 30.9 Å². The minimum atomic E-state index is 0. The van der Waals surface area contributed by atoms with Crippen molar-refractivity contribution in [3.05, 3.63) is 59.7 Å². The van der Waals surface area contributed by atoms with Gasteiger partial charge in [0.1, 0.15) is 0 Å². The minimum absolute atomic E-state index is 0. The van der Waals surface area contributed by atoms with Crippen LogP contribution < -0.4 is 0 Å². The van der Waals surface area contributed by atoms with Crippen molar-refractivity contribution in [2.75, 3.05) is 19.6 Å². The van der Waals surface area contributed by atoms with Crippen LogP contribution in [0.2, 0.25) is 0 Å². The maximum Gasteiger partial charge on any atom is 3.00 e. The molecule has 0 aromatic heterocycles. The Balaban J connectivity index is 0. The molecule has 0 atom stereocenters. The van der Waals surface area contributed by atoms with Gasteiger partial charge in [-0.15, -0.1) is 0 Å². The van der Waals surface area contributed by atoms with Crippen molar-refractivity contribution in [3.8, 4) is 0 Å². The fraction of sp³-hybridized carbons (Fsp3) is 0.476. The molecular weight excluding hydrogens is 437 g/mol. The standard InChI is InChI=1S/C7H15N2.2C7H9.Gd/c1-4-8-7-9(5-2)6-3;2*1-2-7-5-3-4-6-7;/h4-6H2,1-3H3;2*3-6H,2H2,1H3;/q3*-1;+3. The van der Waals surface area contributed by atoms with Gasteiger partial charge in [0.15, 0.2) is 0 Å². The molecule has 0 aliphatic carbocycles. The Morgan fingerprint density at radius 3 is 1.33 bits per heavy atom. The van der Waals surface area contributed by atoms with Gasteiger partial charge >= 0.3 is 39.9 Å². The average molecular weight is 471 g/mol. The maximum absolute atomic E-state index is 3.99. The second-order valence-electron chi connectivity index (χ2n) is 5.04. The van der Waals surface area contributed by atoms with Crippen LogP contribution in [0.5, 0.6) is 0 Å². The second kappa shape index (κ2) is 18.8. The zero-order valence-corrected chi connectivity index (χ0v) is 18.2. The number of aliphatic imine (C=N–C) groups is 1. The SMILES string of the molecule is CCN=[C-]N(CC)CC.CC[c-]1cccc1.CC[c-]1cccc1.[Gd+3]. The summed E-state index contributed by atoms with van der Waals surface area (Å²) in [7, 11) is 0. The first-order valence-corrected chi connectivity index (χ1v) is 8.79. The molecule has 0 unspecified atom stereocenters. The molecule has 0 saturated carbocycles. The normalized spacial score (nSPS) is 9.38. The van der Waals surface area contributed by atoms with Crippen LogP contribution in [0, 0.1) is 39.9 Å². The van der Waals surface area contributed by atoms with E-state index < -0.39 is 0 Å². The summed E-state index contributed by atoms with van der Waals surface area (Å²) in [4.78, 5) is 6.03. The average Bonchev–Trinajstić information content (AvgIpc) is 3.30. The van der Waals surface area contributed by atoms with Crippen LogP contribution in [0.15, 0.2) is 53.5 Å². The second-order valence-corrected chi connectivity index (χ2v) is 5.04. The predicted octanol–water partition coefficient (Wildman–Crippen LogP) is 5.19. The molecule has 0 heterocycles. The number of aryl methyl sites for hydroxylation is 2. The van der Waals surface area contributed by atoms with E-state index in [2.05, 4.69) is 87.6 Å².